The minimum atomic E-state index is -0.209. The van der Waals surface area contributed by atoms with Crippen LogP contribution in [-0.2, 0) is 62.3 Å². The van der Waals surface area contributed by atoms with Gasteiger partial charge >= 0.3 is 0 Å². The number of aromatic nitrogens is 7. The van der Waals surface area contributed by atoms with E-state index in [1.807, 2.05) is 41.3 Å². The fraction of sp³-hybridized carbons (Fsp3) is 0.723. The summed E-state index contributed by atoms with van der Waals surface area (Å²) in [5.41, 5.74) is 2.35. The van der Waals surface area contributed by atoms with Gasteiger partial charge < -0.3 is 47.5 Å². The maximum Gasteiger partial charge on any atom is 0.226 e. The van der Waals surface area contributed by atoms with Crippen LogP contribution in [0.1, 0.15) is 89.6 Å². The van der Waals surface area contributed by atoms with Crippen LogP contribution in [0.2, 0.25) is 10.3 Å². The van der Waals surface area contributed by atoms with Gasteiger partial charge in [-0.05, 0) is 73.6 Å². The monoisotopic (exact) mass is 996 g/mol. The van der Waals surface area contributed by atoms with Crippen LogP contribution in [0.4, 0.5) is 5.82 Å². The lowest BCUT2D eigenvalue weighted by Crippen LogP contribution is -2.29. The second-order valence-corrected chi connectivity index (χ2v) is 19.2. The minimum Gasteiger partial charge on any atom is -0.379 e. The smallest absolute Gasteiger partial charge is 0.226 e. The molecule has 4 heterocycles. The fourth-order valence-corrected chi connectivity index (χ4v) is 8.86. The van der Waals surface area contributed by atoms with Crippen LogP contribution in [-0.4, -0.2) is 158 Å². The minimum absolute atomic E-state index is 0.142. The summed E-state index contributed by atoms with van der Waals surface area (Å²) in [5.74, 6) is 0.665. The van der Waals surface area contributed by atoms with Crippen molar-refractivity contribution in [2.75, 3.05) is 117 Å². The Kier molecular flexibility index (Phi) is 26.6. The molecule has 376 valence electrons. The molecule has 1 aliphatic rings. The van der Waals surface area contributed by atoms with Crippen LogP contribution in [0.5, 0.6) is 0 Å². The number of ether oxygens (including phenoxy) is 9. The Balaban J connectivity index is 0.931. The summed E-state index contributed by atoms with van der Waals surface area (Å²) in [4.78, 5) is 11.5. The average molecular weight is 998 g/mol. The second-order valence-electron chi connectivity index (χ2n) is 16.7. The molecule has 0 saturated carbocycles. The molecule has 0 radical (unpaired) electrons. The summed E-state index contributed by atoms with van der Waals surface area (Å²) in [6.07, 6.45) is 12.4. The Morgan fingerprint density at radius 3 is 2.07 bits per heavy atom. The van der Waals surface area contributed by atoms with E-state index in [0.29, 0.717) is 140 Å². The van der Waals surface area contributed by atoms with E-state index < -0.39 is 0 Å². The molecule has 0 aliphatic carbocycles. The number of unbranched alkanes of at least 4 members (excludes halogenated alkanes) is 1. The third-order valence-electron chi connectivity index (χ3n) is 11.5. The van der Waals surface area contributed by atoms with Crippen molar-refractivity contribution in [2.24, 2.45) is 0 Å². The molecule has 17 nitrogen and oxygen atoms in total. The molecule has 3 aromatic heterocycles. The predicted octanol–water partition coefficient (Wildman–Crippen LogP) is 8.19. The molecule has 4 atom stereocenters. The molecule has 1 fully saturated rings. The lowest BCUT2D eigenvalue weighted by molar-refractivity contribution is -0.00791. The van der Waals surface area contributed by atoms with Crippen molar-refractivity contribution in [1.82, 2.24) is 34.7 Å². The normalized spacial score (nSPS) is 16.3. The van der Waals surface area contributed by atoms with Gasteiger partial charge in [-0.1, -0.05) is 68.6 Å². The molecular weight excluding hydrogens is 922 g/mol. The van der Waals surface area contributed by atoms with E-state index in [1.54, 1.807) is 4.68 Å². The molecule has 5 rings (SSSR count). The van der Waals surface area contributed by atoms with Crippen molar-refractivity contribution in [1.29, 1.82) is 0 Å². The van der Waals surface area contributed by atoms with E-state index in [1.165, 1.54) is 19.3 Å². The van der Waals surface area contributed by atoms with Gasteiger partial charge in [0, 0.05) is 24.7 Å². The van der Waals surface area contributed by atoms with Crippen molar-refractivity contribution >= 4 is 48.6 Å². The Hall–Kier alpha value is -2.64. The molecule has 3 unspecified atom stereocenters. The van der Waals surface area contributed by atoms with Crippen LogP contribution in [0, 0.1) is 0 Å². The molecule has 0 amide bonds. The quantitative estimate of drug-likeness (QED) is 0.0239. The molecule has 0 spiro atoms. The first-order valence-corrected chi connectivity index (χ1v) is 26.3. The van der Waals surface area contributed by atoms with E-state index in [4.69, 9.17) is 75.9 Å². The molecule has 1 aromatic carbocycles. The molecule has 1 saturated heterocycles. The van der Waals surface area contributed by atoms with Gasteiger partial charge in [-0.2, -0.15) is 15.1 Å². The van der Waals surface area contributed by atoms with E-state index in [2.05, 4.69) is 47.6 Å². The zero-order valence-corrected chi connectivity index (χ0v) is 42.7. The number of fused-ring (bicyclic) bond motifs is 1. The van der Waals surface area contributed by atoms with Gasteiger partial charge in [-0.3, -0.25) is 0 Å². The van der Waals surface area contributed by atoms with Crippen molar-refractivity contribution in [3.05, 3.63) is 58.2 Å². The van der Waals surface area contributed by atoms with Crippen LogP contribution in [0.25, 0.3) is 11.0 Å². The fourth-order valence-electron chi connectivity index (χ4n) is 7.61. The van der Waals surface area contributed by atoms with Gasteiger partial charge in [0.05, 0.1) is 130 Å². The third kappa shape index (κ3) is 20.3. The SMILES string of the molecule is CCCCOCCOCCOCCOCCn1cc(COCCOCCOCCOCCN(Cc2ccccc2Cl)c2nc(Cl)nc3c2cnn3C2CCC(CC[C@@](C)(CCC)PC)O2)nn1. The van der Waals surface area contributed by atoms with Crippen molar-refractivity contribution in [2.45, 2.75) is 109 Å². The summed E-state index contributed by atoms with van der Waals surface area (Å²) in [5, 5.41) is 15.1. The van der Waals surface area contributed by atoms with E-state index >= 15 is 0 Å². The van der Waals surface area contributed by atoms with Crippen LogP contribution in [0.3, 0.4) is 0 Å². The van der Waals surface area contributed by atoms with Gasteiger partial charge in [-0.15, -0.1) is 13.7 Å². The van der Waals surface area contributed by atoms with Gasteiger partial charge in [0.1, 0.15) is 11.5 Å². The van der Waals surface area contributed by atoms with Crippen molar-refractivity contribution in [3.63, 3.8) is 0 Å². The maximum absolute atomic E-state index is 6.64. The predicted molar refractivity (Wildman–Crippen MR) is 263 cm³/mol. The number of rotatable bonds is 39. The molecule has 0 bridgehead atoms. The maximum atomic E-state index is 6.64. The van der Waals surface area contributed by atoms with Crippen LogP contribution < -0.4 is 4.90 Å². The Labute approximate surface area is 409 Å². The summed E-state index contributed by atoms with van der Waals surface area (Å²) < 4.78 is 55.5. The lowest BCUT2D eigenvalue weighted by atomic mass is 9.96. The average Bonchev–Trinajstić information content (AvgIpc) is 4.10. The molecule has 1 aliphatic heterocycles. The number of anilines is 1. The number of halogens is 2. The first kappa shape index (κ1) is 55.3. The zero-order chi connectivity index (χ0) is 47.4. The first-order valence-electron chi connectivity index (χ1n) is 24.1. The molecule has 20 heteroatoms. The number of hydrogen-bond donors (Lipinski definition) is 0. The van der Waals surface area contributed by atoms with Crippen molar-refractivity contribution in [3.8, 4) is 0 Å². The second kappa shape index (κ2) is 32.3. The number of benzene rings is 1. The Bertz CT molecular complexity index is 1940. The van der Waals surface area contributed by atoms with Gasteiger partial charge in [0.15, 0.2) is 11.9 Å². The summed E-state index contributed by atoms with van der Waals surface area (Å²) in [6.45, 7) is 18.7. The molecule has 4 aromatic rings. The first-order chi connectivity index (χ1) is 32.8. The summed E-state index contributed by atoms with van der Waals surface area (Å²) in [7, 11) is 0.917. The van der Waals surface area contributed by atoms with Crippen LogP contribution in [0.15, 0.2) is 36.7 Å². The van der Waals surface area contributed by atoms with Gasteiger partial charge in [-0.25, -0.2) is 9.36 Å². The van der Waals surface area contributed by atoms with Crippen LogP contribution >= 0.6 is 31.8 Å². The van der Waals surface area contributed by atoms with Gasteiger partial charge in [0.2, 0.25) is 5.28 Å². The lowest BCUT2D eigenvalue weighted by Gasteiger charge is -2.29. The van der Waals surface area contributed by atoms with E-state index in [0.717, 1.165) is 63.9 Å². The Morgan fingerprint density at radius 2 is 1.42 bits per heavy atom. The Morgan fingerprint density at radius 1 is 0.776 bits per heavy atom. The highest BCUT2D eigenvalue weighted by Gasteiger charge is 2.32. The topological polar surface area (TPSA) is 161 Å². The molecule has 67 heavy (non-hydrogen) atoms. The summed E-state index contributed by atoms with van der Waals surface area (Å²) in [6, 6.07) is 7.79. The molecule has 0 N–H and O–H groups in total. The van der Waals surface area contributed by atoms with Crippen molar-refractivity contribution < 1.29 is 42.6 Å². The summed E-state index contributed by atoms with van der Waals surface area (Å²) >= 11 is 13.3. The standard InChI is InChI=1S/C47H75Cl2N8O9P/c1-5-7-19-58-22-25-61-28-29-63-27-24-60-21-18-56-36-39(53-54-56)37-65-33-32-64-31-30-62-26-23-59-20-17-55(35-38-10-8-9-11-42(38)48)44-41-34-50-57(45(41)52-46(49)51-44)43-13-12-40(66-43)14-16-47(3,67-4)15-6-2/h8-11,34,36,40,43,67H,5-7,12-33,35,37H2,1-4H3/t40?,43?,47-/m1/s1. The van der Waals surface area contributed by atoms with E-state index in [9.17, 15) is 0 Å². The molecular formula is C47H75Cl2N8O9P. The largest absolute Gasteiger partial charge is 0.379 e. The van der Waals surface area contributed by atoms with E-state index in [-0.39, 0.29) is 17.6 Å². The highest BCUT2D eigenvalue weighted by molar-refractivity contribution is 7.39. The number of nitrogens with zero attached hydrogens (tertiary/aromatic N) is 8. The highest BCUT2D eigenvalue weighted by atomic mass is 35.5. The highest BCUT2D eigenvalue weighted by Crippen LogP contribution is 2.41. The number of hydrogen-bond acceptors (Lipinski definition) is 15. The zero-order valence-electron chi connectivity index (χ0n) is 40.2. The van der Waals surface area contributed by atoms with Gasteiger partial charge in [0.25, 0.3) is 0 Å². The third-order valence-corrected chi connectivity index (χ3v) is 13.7.